The first-order valence-electron chi connectivity index (χ1n) is 8.96. The molecule has 0 bridgehead atoms. The predicted octanol–water partition coefficient (Wildman–Crippen LogP) is 4.06. The van der Waals surface area contributed by atoms with Crippen molar-refractivity contribution in [3.8, 4) is 11.5 Å². The van der Waals surface area contributed by atoms with Gasteiger partial charge in [-0.25, -0.2) is 4.79 Å². The number of esters is 1. The number of hydrogen-bond donors (Lipinski definition) is 1. The maximum Gasteiger partial charge on any atom is 0.344 e. The molecular weight excluding hydrogens is 346 g/mol. The first-order chi connectivity index (χ1) is 13.1. The average molecular weight is 371 g/mol. The second kappa shape index (κ2) is 10.9. The highest BCUT2D eigenvalue weighted by Crippen LogP contribution is 2.17. The van der Waals surface area contributed by atoms with E-state index < -0.39 is 5.97 Å². The molecule has 6 heteroatoms. The zero-order valence-corrected chi connectivity index (χ0v) is 15.7. The molecule has 27 heavy (non-hydrogen) atoms. The number of carbonyl (C=O) groups excluding carboxylic acids is 2. The molecule has 1 N–H and O–H groups in total. The summed E-state index contributed by atoms with van der Waals surface area (Å²) in [7, 11) is 1.59. The van der Waals surface area contributed by atoms with Crippen LogP contribution in [-0.4, -0.2) is 32.2 Å². The van der Waals surface area contributed by atoms with Gasteiger partial charge in [0.1, 0.15) is 11.5 Å². The van der Waals surface area contributed by atoms with Crippen molar-refractivity contribution >= 4 is 17.6 Å². The van der Waals surface area contributed by atoms with Gasteiger partial charge in [0.05, 0.1) is 13.7 Å². The van der Waals surface area contributed by atoms with Gasteiger partial charge in [-0.2, -0.15) is 0 Å². The maximum absolute atomic E-state index is 12.3. The second-order valence-electron chi connectivity index (χ2n) is 5.92. The Labute approximate surface area is 159 Å². The standard InChI is InChI=1S/C21H25NO5/c1-3-4-5-14-26-20(23)15-27-19-10-6-16(7-11-19)21(24)22-17-8-12-18(25-2)13-9-17/h6-13H,3-5,14-15H2,1-2H3,(H,22,24). The van der Waals surface area contributed by atoms with Crippen LogP contribution in [0.1, 0.15) is 36.5 Å². The average Bonchev–Trinajstić information content (AvgIpc) is 2.70. The Balaban J connectivity index is 1.79. The lowest BCUT2D eigenvalue weighted by molar-refractivity contribution is -0.146. The summed E-state index contributed by atoms with van der Waals surface area (Å²) in [5, 5.41) is 2.80. The normalized spacial score (nSPS) is 10.1. The molecule has 0 atom stereocenters. The second-order valence-corrected chi connectivity index (χ2v) is 5.92. The molecule has 0 heterocycles. The summed E-state index contributed by atoms with van der Waals surface area (Å²) < 4.78 is 15.5. The van der Waals surface area contributed by atoms with E-state index in [1.807, 2.05) is 0 Å². The van der Waals surface area contributed by atoms with Crippen molar-refractivity contribution in [2.75, 3.05) is 25.6 Å². The van der Waals surface area contributed by atoms with Gasteiger partial charge < -0.3 is 19.5 Å². The van der Waals surface area contributed by atoms with Crippen molar-refractivity contribution in [3.05, 3.63) is 54.1 Å². The quantitative estimate of drug-likeness (QED) is 0.504. The van der Waals surface area contributed by atoms with E-state index in [0.717, 1.165) is 25.0 Å². The van der Waals surface area contributed by atoms with E-state index in [1.54, 1.807) is 55.6 Å². The molecule has 0 aromatic heterocycles. The van der Waals surface area contributed by atoms with E-state index in [-0.39, 0.29) is 12.5 Å². The Kier molecular flexibility index (Phi) is 8.16. The molecule has 0 aliphatic rings. The molecule has 0 saturated heterocycles. The third kappa shape index (κ3) is 7.01. The highest BCUT2D eigenvalue weighted by atomic mass is 16.6. The van der Waals surface area contributed by atoms with Gasteiger partial charge in [-0.3, -0.25) is 4.79 Å². The van der Waals surface area contributed by atoms with Gasteiger partial charge >= 0.3 is 5.97 Å². The van der Waals surface area contributed by atoms with Crippen molar-refractivity contribution in [2.45, 2.75) is 26.2 Å². The summed E-state index contributed by atoms with van der Waals surface area (Å²) in [4.78, 5) is 23.8. The Morgan fingerprint density at radius 1 is 0.926 bits per heavy atom. The number of unbranched alkanes of at least 4 members (excludes halogenated alkanes) is 2. The van der Waals surface area contributed by atoms with E-state index in [2.05, 4.69) is 12.2 Å². The predicted molar refractivity (Wildman–Crippen MR) is 103 cm³/mol. The molecule has 0 aliphatic carbocycles. The molecule has 1 amide bonds. The lowest BCUT2D eigenvalue weighted by atomic mass is 10.2. The smallest absolute Gasteiger partial charge is 0.344 e. The zero-order chi connectivity index (χ0) is 19.5. The summed E-state index contributed by atoms with van der Waals surface area (Å²) in [6, 6.07) is 13.6. The van der Waals surface area contributed by atoms with Crippen molar-refractivity contribution in [1.29, 1.82) is 0 Å². The molecule has 2 aromatic carbocycles. The van der Waals surface area contributed by atoms with Gasteiger partial charge in [0.2, 0.25) is 0 Å². The number of benzene rings is 2. The van der Waals surface area contributed by atoms with Gasteiger partial charge in [0.25, 0.3) is 5.91 Å². The Morgan fingerprint density at radius 3 is 2.22 bits per heavy atom. The van der Waals surface area contributed by atoms with E-state index in [1.165, 1.54) is 0 Å². The number of anilines is 1. The summed E-state index contributed by atoms with van der Waals surface area (Å²) >= 11 is 0. The van der Waals surface area contributed by atoms with Crippen LogP contribution in [0.25, 0.3) is 0 Å². The molecule has 2 rings (SSSR count). The van der Waals surface area contributed by atoms with Crippen molar-refractivity contribution in [2.24, 2.45) is 0 Å². The van der Waals surface area contributed by atoms with Crippen LogP contribution in [0.3, 0.4) is 0 Å². The van der Waals surface area contributed by atoms with Crippen LogP contribution in [-0.2, 0) is 9.53 Å². The molecule has 144 valence electrons. The largest absolute Gasteiger partial charge is 0.497 e. The lowest BCUT2D eigenvalue weighted by Gasteiger charge is -2.09. The van der Waals surface area contributed by atoms with Gasteiger partial charge in [-0.05, 0) is 55.0 Å². The minimum absolute atomic E-state index is 0.149. The van der Waals surface area contributed by atoms with Gasteiger partial charge in [0.15, 0.2) is 6.61 Å². The van der Waals surface area contributed by atoms with E-state index in [4.69, 9.17) is 14.2 Å². The number of methoxy groups -OCH3 is 1. The summed E-state index contributed by atoms with van der Waals surface area (Å²) in [6.45, 7) is 2.36. The van der Waals surface area contributed by atoms with Gasteiger partial charge in [0, 0.05) is 11.3 Å². The van der Waals surface area contributed by atoms with Crippen LogP contribution in [0.15, 0.2) is 48.5 Å². The molecule has 2 aromatic rings. The van der Waals surface area contributed by atoms with E-state index >= 15 is 0 Å². The van der Waals surface area contributed by atoms with Gasteiger partial charge in [-0.15, -0.1) is 0 Å². The van der Waals surface area contributed by atoms with E-state index in [9.17, 15) is 9.59 Å². The maximum atomic E-state index is 12.3. The van der Waals surface area contributed by atoms with Crippen LogP contribution in [0, 0.1) is 0 Å². The summed E-state index contributed by atoms with van der Waals surface area (Å²) in [6.07, 6.45) is 2.97. The topological polar surface area (TPSA) is 73.9 Å². The molecule has 0 aliphatic heterocycles. The molecule has 0 radical (unpaired) electrons. The number of hydrogen-bond acceptors (Lipinski definition) is 5. The van der Waals surface area contributed by atoms with E-state index in [0.29, 0.717) is 23.6 Å². The third-order valence-electron chi connectivity index (χ3n) is 3.83. The number of carbonyl (C=O) groups is 2. The van der Waals surface area contributed by atoms with Crippen LogP contribution >= 0.6 is 0 Å². The van der Waals surface area contributed by atoms with Gasteiger partial charge in [-0.1, -0.05) is 19.8 Å². The molecule has 6 nitrogen and oxygen atoms in total. The Morgan fingerprint density at radius 2 is 1.59 bits per heavy atom. The van der Waals surface area contributed by atoms with Crippen LogP contribution in [0.2, 0.25) is 0 Å². The summed E-state index contributed by atoms with van der Waals surface area (Å²) in [5.41, 5.74) is 1.16. The highest BCUT2D eigenvalue weighted by molar-refractivity contribution is 6.04. The minimum atomic E-state index is -0.396. The zero-order valence-electron chi connectivity index (χ0n) is 15.7. The SMILES string of the molecule is CCCCCOC(=O)COc1ccc(C(=O)Nc2ccc(OC)cc2)cc1. The van der Waals surface area contributed by atoms with Crippen molar-refractivity contribution in [1.82, 2.24) is 0 Å². The monoisotopic (exact) mass is 371 g/mol. The minimum Gasteiger partial charge on any atom is -0.497 e. The van der Waals surface area contributed by atoms with Crippen LogP contribution in [0.4, 0.5) is 5.69 Å². The number of amides is 1. The molecular formula is C21H25NO5. The van der Waals surface area contributed by atoms with Crippen molar-refractivity contribution in [3.63, 3.8) is 0 Å². The lowest BCUT2D eigenvalue weighted by Crippen LogP contribution is -2.15. The van der Waals surface area contributed by atoms with Crippen LogP contribution < -0.4 is 14.8 Å². The first kappa shape index (κ1) is 20.3. The van der Waals surface area contributed by atoms with Crippen molar-refractivity contribution < 1.29 is 23.8 Å². The Hall–Kier alpha value is -3.02. The summed E-state index contributed by atoms with van der Waals surface area (Å²) in [5.74, 6) is 0.592. The van der Waals surface area contributed by atoms with Crippen LogP contribution in [0.5, 0.6) is 11.5 Å². The molecule has 0 unspecified atom stereocenters. The number of rotatable bonds is 10. The Bertz CT molecular complexity index is 725. The molecule has 0 saturated carbocycles. The third-order valence-corrected chi connectivity index (χ3v) is 3.83. The number of nitrogens with one attached hydrogen (secondary N) is 1. The fourth-order valence-corrected chi connectivity index (χ4v) is 2.30. The molecule has 0 spiro atoms. The molecule has 0 fully saturated rings. The fraction of sp³-hybridized carbons (Fsp3) is 0.333. The first-order valence-corrected chi connectivity index (χ1v) is 8.96. The fourth-order valence-electron chi connectivity index (χ4n) is 2.30. The highest BCUT2D eigenvalue weighted by Gasteiger charge is 2.08. The number of ether oxygens (including phenoxy) is 3.